The summed E-state index contributed by atoms with van der Waals surface area (Å²) in [5.41, 5.74) is 1.47. The van der Waals surface area contributed by atoms with E-state index in [2.05, 4.69) is 22.9 Å². The summed E-state index contributed by atoms with van der Waals surface area (Å²) in [4.78, 5) is 46.9. The Hall–Kier alpha value is -2.49. The van der Waals surface area contributed by atoms with Gasteiger partial charge in [-0.2, -0.15) is 0 Å². The molecule has 0 unspecified atom stereocenters. The van der Waals surface area contributed by atoms with Crippen molar-refractivity contribution in [3.8, 4) is 0 Å². The van der Waals surface area contributed by atoms with Crippen molar-refractivity contribution >= 4 is 17.7 Å². The number of rotatable bonds is 5. The van der Waals surface area contributed by atoms with Crippen molar-refractivity contribution < 1.29 is 24.2 Å². The average Bonchev–Trinajstić information content (AvgIpc) is 3.45. The molecule has 3 saturated heterocycles. The van der Waals surface area contributed by atoms with Gasteiger partial charge in [0, 0.05) is 25.0 Å². The largest absolute Gasteiger partial charge is 0.347 e. The van der Waals surface area contributed by atoms with Gasteiger partial charge in [0.2, 0.25) is 17.5 Å². The number of allylic oxidation sites excluding steroid dienone is 2. The quantitative estimate of drug-likeness (QED) is 0.556. The highest BCUT2D eigenvalue weighted by molar-refractivity contribution is 5.98. The zero-order valence-electron chi connectivity index (χ0n) is 24.2. The predicted octanol–water partition coefficient (Wildman–Crippen LogP) is 2.53. The van der Waals surface area contributed by atoms with E-state index in [0.29, 0.717) is 25.9 Å². The van der Waals surface area contributed by atoms with E-state index in [1.165, 1.54) is 4.90 Å². The first-order valence-corrected chi connectivity index (χ1v) is 14.5. The van der Waals surface area contributed by atoms with Gasteiger partial charge in [0.05, 0.1) is 5.92 Å². The minimum Gasteiger partial charge on any atom is -0.347 e. The van der Waals surface area contributed by atoms with Gasteiger partial charge in [0.1, 0.15) is 12.1 Å². The van der Waals surface area contributed by atoms with Gasteiger partial charge < -0.3 is 15.3 Å². The first-order chi connectivity index (χ1) is 18.4. The molecule has 1 aliphatic carbocycles. The fraction of sp³-hybridized carbons (Fsp3) is 0.700. The van der Waals surface area contributed by atoms with E-state index < -0.39 is 41.5 Å². The van der Waals surface area contributed by atoms with E-state index >= 15 is 0 Å². The number of carbonyl (C=O) groups excluding carboxylic acids is 3. The van der Waals surface area contributed by atoms with Crippen LogP contribution in [0, 0.1) is 17.8 Å². The second-order valence-electron chi connectivity index (χ2n) is 12.7. The molecule has 4 fully saturated rings. The Morgan fingerprint density at radius 2 is 2.00 bits per heavy atom. The number of likely N-dealkylation sites (N-methyl/N-ethyl adjacent to an activating group) is 1. The summed E-state index contributed by atoms with van der Waals surface area (Å²) < 4.78 is 6.39. The minimum atomic E-state index is -2.00. The van der Waals surface area contributed by atoms with Crippen molar-refractivity contribution in [3.05, 3.63) is 35.5 Å². The Bertz CT molecular complexity index is 1140. The normalized spacial score (nSPS) is 37.9. The van der Waals surface area contributed by atoms with Gasteiger partial charge in [0.25, 0.3) is 11.8 Å². The van der Waals surface area contributed by atoms with Crippen molar-refractivity contribution in [1.29, 1.82) is 0 Å². The number of fused-ring (bicyclic) bond motifs is 4. The number of ether oxygens (including phenoxy) is 1. The summed E-state index contributed by atoms with van der Waals surface area (Å²) in [6, 6.07) is -1.28. The number of nitrogens with one attached hydrogen (secondary N) is 1. The molecule has 0 aromatic heterocycles. The highest BCUT2D eigenvalue weighted by Crippen LogP contribution is 2.48. The lowest BCUT2D eigenvalue weighted by atomic mass is 9.77. The van der Waals surface area contributed by atoms with Crippen LogP contribution < -0.4 is 5.32 Å². The van der Waals surface area contributed by atoms with Crippen LogP contribution in [0.25, 0.3) is 0 Å². The maximum atomic E-state index is 14.3. The van der Waals surface area contributed by atoms with E-state index in [0.717, 1.165) is 36.0 Å². The summed E-state index contributed by atoms with van der Waals surface area (Å²) in [6.45, 7) is 14.8. The predicted molar refractivity (Wildman–Crippen MR) is 147 cm³/mol. The molecule has 5 rings (SSSR count). The number of piperazine rings is 1. The Labute approximate surface area is 231 Å². The Kier molecular flexibility index (Phi) is 7.09. The monoisotopic (exact) mass is 540 g/mol. The molecule has 39 heavy (non-hydrogen) atoms. The van der Waals surface area contributed by atoms with Crippen LogP contribution in [-0.2, 0) is 19.1 Å². The molecule has 6 atom stereocenters. The first-order valence-electron chi connectivity index (χ1n) is 14.5. The Morgan fingerprint density at radius 1 is 1.28 bits per heavy atom. The van der Waals surface area contributed by atoms with Gasteiger partial charge in [0.15, 0.2) is 0 Å². The molecule has 3 amide bonds. The molecule has 0 radical (unpaired) electrons. The topological polar surface area (TPSA) is 102 Å². The summed E-state index contributed by atoms with van der Waals surface area (Å²) in [5, 5.41) is 15.0. The Morgan fingerprint density at radius 3 is 2.64 bits per heavy atom. The van der Waals surface area contributed by atoms with Gasteiger partial charge in [-0.25, -0.2) is 0 Å². The van der Waals surface area contributed by atoms with Crippen LogP contribution in [0.15, 0.2) is 35.5 Å². The van der Waals surface area contributed by atoms with Crippen LogP contribution in [0.5, 0.6) is 0 Å². The molecule has 4 heterocycles. The van der Waals surface area contributed by atoms with Crippen LogP contribution in [0.1, 0.15) is 66.7 Å². The second-order valence-corrected chi connectivity index (χ2v) is 12.7. The molecule has 0 bridgehead atoms. The maximum absolute atomic E-state index is 14.3. The number of hydrogen-bond acceptors (Lipinski definition) is 6. The molecule has 214 valence electrons. The molecule has 5 aliphatic rings. The molecule has 1 saturated carbocycles. The fourth-order valence-corrected chi connectivity index (χ4v) is 7.37. The minimum absolute atomic E-state index is 0.113. The van der Waals surface area contributed by atoms with Crippen LogP contribution in [0.4, 0.5) is 0 Å². The van der Waals surface area contributed by atoms with Crippen molar-refractivity contribution in [1.82, 2.24) is 20.0 Å². The highest BCUT2D eigenvalue weighted by atomic mass is 16.7. The zero-order valence-corrected chi connectivity index (χ0v) is 24.2. The summed E-state index contributed by atoms with van der Waals surface area (Å²) in [7, 11) is 2.02. The highest BCUT2D eigenvalue weighted by Gasteiger charge is 2.71. The first kappa shape index (κ1) is 28.1. The number of nitrogens with zero attached hydrogens (tertiary/aromatic N) is 3. The third-order valence-electron chi connectivity index (χ3n) is 9.37. The van der Waals surface area contributed by atoms with Crippen molar-refractivity contribution in [2.24, 2.45) is 17.8 Å². The van der Waals surface area contributed by atoms with Crippen LogP contribution in [0.3, 0.4) is 0 Å². The third kappa shape index (κ3) is 4.19. The molecule has 0 aromatic rings. The van der Waals surface area contributed by atoms with Crippen molar-refractivity contribution in [2.75, 3.05) is 20.1 Å². The number of hydrogen-bond donors (Lipinski definition) is 2. The zero-order chi connectivity index (χ0) is 28.4. The molecule has 9 heteroatoms. The van der Waals surface area contributed by atoms with Crippen molar-refractivity contribution in [3.63, 3.8) is 0 Å². The van der Waals surface area contributed by atoms with E-state index in [9.17, 15) is 19.5 Å². The standard InChI is InChI=1S/C30H44N4O5/c1-8-21-19(6)11-12-23-22(21)15-20(16-32(23)7)26(35)31-29(18(4)5)28(37)34-24(14-17(2)3)27(36)33-13-9-10-25(33)30(34,38)39-29/h8,15,17-18,20,23-25,38H,6,9-14,16H2,1-5,7H3,(H,31,35)/t20-,23-,24-,25+,29-,30-/m0/s1. The molecule has 4 aliphatic heterocycles. The average molecular weight is 541 g/mol. The SMILES string of the molecule is C=C1CC[C@H]2C(=C[C@H](C(=O)N[C@@]3(C(C)C)O[C@@]4(O)[C@H]5CCCN5C(=O)[C@H](CC(C)C)N4C3=O)CN2C)C1=CC. The summed E-state index contributed by atoms with van der Waals surface area (Å²) in [6.07, 6.45) is 7.60. The van der Waals surface area contributed by atoms with Gasteiger partial charge in [-0.3, -0.25) is 28.9 Å². The van der Waals surface area contributed by atoms with E-state index in [4.69, 9.17) is 4.74 Å². The van der Waals surface area contributed by atoms with Gasteiger partial charge in [-0.1, -0.05) is 46.4 Å². The summed E-state index contributed by atoms with van der Waals surface area (Å²) >= 11 is 0. The lowest BCUT2D eigenvalue weighted by molar-refractivity contribution is -0.322. The van der Waals surface area contributed by atoms with Crippen LogP contribution in [-0.4, -0.2) is 87.4 Å². The van der Waals surface area contributed by atoms with Gasteiger partial charge >= 0.3 is 0 Å². The third-order valence-corrected chi connectivity index (χ3v) is 9.37. The number of carbonyl (C=O) groups is 3. The molecular weight excluding hydrogens is 496 g/mol. The molecule has 0 spiro atoms. The molecule has 2 N–H and O–H groups in total. The maximum Gasteiger partial charge on any atom is 0.281 e. The van der Waals surface area contributed by atoms with Gasteiger partial charge in [-0.15, -0.1) is 0 Å². The molecule has 0 aromatic carbocycles. The van der Waals surface area contributed by atoms with Crippen molar-refractivity contribution in [2.45, 2.75) is 96.5 Å². The lowest BCUT2D eigenvalue weighted by Crippen LogP contribution is -2.71. The fourth-order valence-electron chi connectivity index (χ4n) is 7.37. The van der Waals surface area contributed by atoms with E-state index in [1.807, 2.05) is 33.9 Å². The molecule has 9 nitrogen and oxygen atoms in total. The number of aliphatic hydroxyl groups is 1. The second kappa shape index (κ2) is 9.85. The smallest absolute Gasteiger partial charge is 0.281 e. The van der Waals surface area contributed by atoms with Crippen LogP contribution in [0.2, 0.25) is 0 Å². The molecular formula is C30H44N4O5. The Balaban J connectivity index is 1.50. The summed E-state index contributed by atoms with van der Waals surface area (Å²) in [5.74, 6) is -3.92. The van der Waals surface area contributed by atoms with E-state index in [-0.39, 0.29) is 23.8 Å². The van der Waals surface area contributed by atoms with Gasteiger partial charge in [-0.05, 0) is 68.7 Å². The van der Waals surface area contributed by atoms with E-state index in [1.54, 1.807) is 18.7 Å². The lowest BCUT2D eigenvalue weighted by Gasteiger charge is -2.49. The van der Waals surface area contributed by atoms with Crippen LogP contribution >= 0.6 is 0 Å². The number of amides is 3.